The minimum atomic E-state index is -0.333. The lowest BCUT2D eigenvalue weighted by Crippen LogP contribution is -2.01. The molecule has 0 N–H and O–H groups in total. The van der Waals surface area contributed by atoms with Gasteiger partial charge in [0, 0.05) is 29.9 Å². The van der Waals surface area contributed by atoms with Gasteiger partial charge in [0.15, 0.2) is 5.78 Å². The molecule has 0 aliphatic heterocycles. The quantitative estimate of drug-likeness (QED) is 0.595. The van der Waals surface area contributed by atoms with E-state index < -0.39 is 0 Å². The van der Waals surface area contributed by atoms with Gasteiger partial charge in [0.25, 0.3) is 0 Å². The standard InChI is InChI=1S/C23H21FN2O3/c1-14-8-15(14)13-28-23-5-2-17(11-25-23)29-18-6-7-26(12-18)16-9-20-19(21(24)10-16)3-4-22(20)27/h2,5-7,9-12,14-15H,3-4,8,13H2,1H3/t14?,15-/m0/s1. The highest BCUT2D eigenvalue weighted by atomic mass is 19.1. The van der Waals surface area contributed by atoms with Crippen LogP contribution in [0.2, 0.25) is 0 Å². The number of ketones is 1. The van der Waals surface area contributed by atoms with Gasteiger partial charge in [-0.05, 0) is 54.5 Å². The Morgan fingerprint density at radius 3 is 2.83 bits per heavy atom. The molecular formula is C23H21FN2O3. The number of halogens is 1. The number of fused-ring (bicyclic) bond motifs is 1. The molecule has 0 amide bonds. The minimum Gasteiger partial charge on any atom is -0.477 e. The van der Waals surface area contributed by atoms with Crippen molar-refractivity contribution < 1.29 is 18.7 Å². The van der Waals surface area contributed by atoms with Crippen LogP contribution in [0.25, 0.3) is 5.69 Å². The van der Waals surface area contributed by atoms with E-state index in [1.54, 1.807) is 41.4 Å². The van der Waals surface area contributed by atoms with Gasteiger partial charge in [0.1, 0.15) is 17.3 Å². The van der Waals surface area contributed by atoms with Gasteiger partial charge in [-0.3, -0.25) is 4.79 Å². The number of benzene rings is 1. The molecule has 148 valence electrons. The Labute approximate surface area is 168 Å². The van der Waals surface area contributed by atoms with Gasteiger partial charge >= 0.3 is 0 Å². The van der Waals surface area contributed by atoms with Crippen molar-refractivity contribution in [3.8, 4) is 23.1 Å². The third-order valence-corrected chi connectivity index (χ3v) is 5.71. The smallest absolute Gasteiger partial charge is 0.213 e. The lowest BCUT2D eigenvalue weighted by molar-refractivity contribution is 0.0994. The molecule has 2 aromatic heterocycles. The average Bonchev–Trinajstić information content (AvgIpc) is 3.07. The number of ether oxygens (including phenoxy) is 2. The molecule has 6 heteroatoms. The van der Waals surface area contributed by atoms with Gasteiger partial charge in [0.2, 0.25) is 5.88 Å². The SMILES string of the molecule is CC1C[C@H]1COc1ccc(Oc2ccn(-c3cc(F)c4c(c3)C(=O)CC4)c2)cn1. The normalized spacial score (nSPS) is 19.9. The molecular weight excluding hydrogens is 371 g/mol. The number of hydrogen-bond acceptors (Lipinski definition) is 4. The molecule has 2 aliphatic carbocycles. The first kappa shape index (κ1) is 17.9. The monoisotopic (exact) mass is 392 g/mol. The molecule has 5 rings (SSSR count). The number of pyridine rings is 1. The molecule has 3 aromatic rings. The average molecular weight is 392 g/mol. The predicted octanol–water partition coefficient (Wildman–Crippen LogP) is 4.97. The summed E-state index contributed by atoms with van der Waals surface area (Å²) >= 11 is 0. The molecule has 2 heterocycles. The van der Waals surface area contributed by atoms with Crippen LogP contribution in [0.5, 0.6) is 17.4 Å². The van der Waals surface area contributed by atoms with Crippen molar-refractivity contribution in [1.29, 1.82) is 0 Å². The lowest BCUT2D eigenvalue weighted by Gasteiger charge is -2.08. The van der Waals surface area contributed by atoms with E-state index in [1.165, 1.54) is 12.5 Å². The third kappa shape index (κ3) is 3.62. The van der Waals surface area contributed by atoms with Gasteiger partial charge in [-0.2, -0.15) is 0 Å². The van der Waals surface area contributed by atoms with Crippen LogP contribution in [0, 0.1) is 17.7 Å². The number of carbonyl (C=O) groups excluding carboxylic acids is 1. The Bertz CT molecular complexity index is 1070. The molecule has 1 fully saturated rings. The summed E-state index contributed by atoms with van der Waals surface area (Å²) in [4.78, 5) is 16.2. The van der Waals surface area contributed by atoms with E-state index in [1.807, 2.05) is 6.07 Å². The zero-order valence-corrected chi connectivity index (χ0v) is 16.1. The number of hydrogen-bond donors (Lipinski definition) is 0. The molecule has 1 unspecified atom stereocenters. The Morgan fingerprint density at radius 1 is 1.21 bits per heavy atom. The van der Waals surface area contributed by atoms with E-state index in [4.69, 9.17) is 9.47 Å². The summed E-state index contributed by atoms with van der Waals surface area (Å²) in [5.74, 6) is 2.83. The Balaban J connectivity index is 1.28. The summed E-state index contributed by atoms with van der Waals surface area (Å²) in [6, 6.07) is 8.58. The first-order chi connectivity index (χ1) is 14.1. The van der Waals surface area contributed by atoms with Crippen LogP contribution in [0.1, 0.15) is 35.7 Å². The third-order valence-electron chi connectivity index (χ3n) is 5.71. The van der Waals surface area contributed by atoms with Crippen molar-refractivity contribution >= 4 is 5.78 Å². The van der Waals surface area contributed by atoms with Crippen molar-refractivity contribution in [2.24, 2.45) is 11.8 Å². The summed E-state index contributed by atoms with van der Waals surface area (Å²) in [5.41, 5.74) is 1.60. The molecule has 1 saturated carbocycles. The Hall–Kier alpha value is -3.15. The topological polar surface area (TPSA) is 53.4 Å². The van der Waals surface area contributed by atoms with Crippen LogP contribution >= 0.6 is 0 Å². The zero-order chi connectivity index (χ0) is 20.0. The van der Waals surface area contributed by atoms with Gasteiger partial charge in [-0.25, -0.2) is 9.37 Å². The van der Waals surface area contributed by atoms with Crippen LogP contribution in [0.4, 0.5) is 4.39 Å². The Morgan fingerprint density at radius 2 is 2.07 bits per heavy atom. The number of rotatable bonds is 6. The highest BCUT2D eigenvalue weighted by Gasteiger charge is 2.33. The first-order valence-corrected chi connectivity index (χ1v) is 9.87. The van der Waals surface area contributed by atoms with E-state index in [2.05, 4.69) is 11.9 Å². The first-order valence-electron chi connectivity index (χ1n) is 9.87. The van der Waals surface area contributed by atoms with Crippen LogP contribution in [-0.4, -0.2) is 21.9 Å². The molecule has 2 aliphatic rings. The minimum absolute atomic E-state index is 0.00564. The summed E-state index contributed by atoms with van der Waals surface area (Å²) < 4.78 is 27.6. The molecule has 1 aromatic carbocycles. The highest BCUT2D eigenvalue weighted by Crippen LogP contribution is 2.37. The predicted molar refractivity (Wildman–Crippen MR) is 105 cm³/mol. The van der Waals surface area contributed by atoms with Crippen molar-refractivity contribution in [3.05, 3.63) is 65.9 Å². The number of aromatic nitrogens is 2. The largest absolute Gasteiger partial charge is 0.477 e. The number of nitrogens with zero attached hydrogens (tertiary/aromatic N) is 2. The van der Waals surface area contributed by atoms with Gasteiger partial charge in [-0.1, -0.05) is 6.92 Å². The van der Waals surface area contributed by atoms with Crippen molar-refractivity contribution in [1.82, 2.24) is 9.55 Å². The molecule has 5 nitrogen and oxygen atoms in total. The second-order valence-corrected chi connectivity index (χ2v) is 7.85. The van der Waals surface area contributed by atoms with E-state index in [9.17, 15) is 9.18 Å². The fraction of sp³-hybridized carbons (Fsp3) is 0.304. The fourth-order valence-corrected chi connectivity index (χ4v) is 3.72. The van der Waals surface area contributed by atoms with Gasteiger partial charge < -0.3 is 14.0 Å². The van der Waals surface area contributed by atoms with E-state index in [0.29, 0.717) is 59.6 Å². The summed E-state index contributed by atoms with van der Waals surface area (Å²) in [5, 5.41) is 0. The van der Waals surface area contributed by atoms with E-state index >= 15 is 0 Å². The molecule has 29 heavy (non-hydrogen) atoms. The zero-order valence-electron chi connectivity index (χ0n) is 16.1. The second kappa shape index (κ2) is 7.03. The van der Waals surface area contributed by atoms with Crippen molar-refractivity contribution in [3.63, 3.8) is 0 Å². The van der Waals surface area contributed by atoms with Crippen LogP contribution < -0.4 is 9.47 Å². The molecule has 0 spiro atoms. The van der Waals surface area contributed by atoms with Crippen LogP contribution in [0.3, 0.4) is 0 Å². The van der Waals surface area contributed by atoms with Crippen LogP contribution in [0.15, 0.2) is 48.9 Å². The summed E-state index contributed by atoms with van der Waals surface area (Å²) in [6.45, 7) is 2.93. The highest BCUT2D eigenvalue weighted by molar-refractivity contribution is 6.01. The lowest BCUT2D eigenvalue weighted by atomic mass is 10.1. The second-order valence-electron chi connectivity index (χ2n) is 7.85. The number of Topliss-reactive ketones (excluding diaryl/α,β-unsaturated/α-hetero) is 1. The molecule has 2 atom stereocenters. The molecule has 0 radical (unpaired) electrons. The fourth-order valence-electron chi connectivity index (χ4n) is 3.72. The van der Waals surface area contributed by atoms with Gasteiger partial charge in [0.05, 0.1) is 19.0 Å². The van der Waals surface area contributed by atoms with E-state index in [0.717, 1.165) is 5.92 Å². The van der Waals surface area contributed by atoms with Gasteiger partial charge in [-0.15, -0.1) is 0 Å². The van der Waals surface area contributed by atoms with Crippen LogP contribution in [-0.2, 0) is 6.42 Å². The van der Waals surface area contributed by atoms with Crippen molar-refractivity contribution in [2.75, 3.05) is 6.61 Å². The van der Waals surface area contributed by atoms with E-state index in [-0.39, 0.29) is 11.6 Å². The number of carbonyl (C=O) groups is 1. The molecule has 0 bridgehead atoms. The maximum absolute atomic E-state index is 14.3. The maximum atomic E-state index is 14.3. The maximum Gasteiger partial charge on any atom is 0.213 e. The Kier molecular flexibility index (Phi) is 4.34. The van der Waals surface area contributed by atoms with Crippen molar-refractivity contribution in [2.45, 2.75) is 26.2 Å². The molecule has 0 saturated heterocycles. The summed E-state index contributed by atoms with van der Waals surface area (Å²) in [7, 11) is 0. The summed E-state index contributed by atoms with van der Waals surface area (Å²) in [6.07, 6.45) is 7.23.